The van der Waals surface area contributed by atoms with Gasteiger partial charge in [0.25, 0.3) is 5.91 Å². The molecule has 0 fully saturated rings. The molecule has 1 aromatic heterocycles. The predicted molar refractivity (Wildman–Crippen MR) is 122 cm³/mol. The Hall–Kier alpha value is -3.60. The summed E-state index contributed by atoms with van der Waals surface area (Å²) in [5.41, 5.74) is 3.12. The van der Waals surface area contributed by atoms with Gasteiger partial charge in [-0.1, -0.05) is 68.3 Å². The third-order valence-electron chi connectivity index (χ3n) is 5.50. The standard InChI is InChI=1S/C26H26N2O3/c1-2-3-14-24-22(25(29)27-16-9-10-17-27)18-21-13-7-8-15-23(21)28(24)26(30)31-19-20-11-5-4-6-12-20/h4-13,15-18,24H,2-3,14,19H2,1H3. The Kier molecular flexibility index (Phi) is 6.32. The summed E-state index contributed by atoms with van der Waals surface area (Å²) in [4.78, 5) is 28.3. The number of nitrogens with zero attached hydrogens (tertiary/aromatic N) is 2. The van der Waals surface area contributed by atoms with Gasteiger partial charge in [0.15, 0.2) is 0 Å². The van der Waals surface area contributed by atoms with Gasteiger partial charge in [-0.25, -0.2) is 4.79 Å². The minimum atomic E-state index is -0.441. The number of ether oxygens (including phenoxy) is 1. The van der Waals surface area contributed by atoms with Gasteiger partial charge >= 0.3 is 6.09 Å². The number of hydrogen-bond acceptors (Lipinski definition) is 3. The van der Waals surface area contributed by atoms with Crippen LogP contribution < -0.4 is 4.90 Å². The van der Waals surface area contributed by atoms with Crippen molar-refractivity contribution in [2.75, 3.05) is 4.90 Å². The quantitative estimate of drug-likeness (QED) is 0.502. The third-order valence-corrected chi connectivity index (χ3v) is 5.50. The molecule has 3 aromatic rings. The van der Waals surface area contributed by atoms with Gasteiger partial charge in [0.05, 0.1) is 11.7 Å². The number of benzene rings is 2. The Morgan fingerprint density at radius 3 is 2.39 bits per heavy atom. The van der Waals surface area contributed by atoms with Gasteiger partial charge in [0.2, 0.25) is 0 Å². The minimum Gasteiger partial charge on any atom is -0.444 e. The molecule has 5 heteroatoms. The van der Waals surface area contributed by atoms with E-state index in [9.17, 15) is 9.59 Å². The summed E-state index contributed by atoms with van der Waals surface area (Å²) in [5.74, 6) is -0.124. The molecule has 0 saturated carbocycles. The zero-order valence-corrected chi connectivity index (χ0v) is 17.6. The zero-order chi connectivity index (χ0) is 21.6. The van der Waals surface area contributed by atoms with Crippen LogP contribution in [0.4, 0.5) is 10.5 Å². The van der Waals surface area contributed by atoms with Crippen molar-refractivity contribution in [1.82, 2.24) is 4.57 Å². The van der Waals surface area contributed by atoms with Gasteiger partial charge in [0, 0.05) is 18.0 Å². The number of amides is 1. The molecule has 31 heavy (non-hydrogen) atoms. The van der Waals surface area contributed by atoms with Crippen molar-refractivity contribution in [3.63, 3.8) is 0 Å². The second-order valence-corrected chi connectivity index (χ2v) is 7.62. The van der Waals surface area contributed by atoms with E-state index >= 15 is 0 Å². The molecule has 0 saturated heterocycles. The second-order valence-electron chi connectivity index (χ2n) is 7.62. The van der Waals surface area contributed by atoms with Crippen LogP contribution in [0.2, 0.25) is 0 Å². The molecule has 1 aliphatic heterocycles. The molecule has 1 amide bonds. The van der Waals surface area contributed by atoms with E-state index in [0.29, 0.717) is 12.0 Å². The molecule has 2 heterocycles. The number of anilines is 1. The summed E-state index contributed by atoms with van der Waals surface area (Å²) < 4.78 is 7.26. The lowest BCUT2D eigenvalue weighted by molar-refractivity contribution is 0.0947. The Morgan fingerprint density at radius 2 is 1.65 bits per heavy atom. The fraction of sp³-hybridized carbons (Fsp3) is 0.231. The molecule has 2 aromatic carbocycles. The maximum atomic E-state index is 13.3. The molecule has 0 radical (unpaired) electrons. The Morgan fingerprint density at radius 1 is 0.935 bits per heavy atom. The van der Waals surface area contributed by atoms with Crippen molar-refractivity contribution < 1.29 is 14.3 Å². The topological polar surface area (TPSA) is 51.5 Å². The van der Waals surface area contributed by atoms with Gasteiger partial charge in [0.1, 0.15) is 6.61 Å². The van der Waals surface area contributed by atoms with Crippen molar-refractivity contribution in [3.05, 3.63) is 95.8 Å². The lowest BCUT2D eigenvalue weighted by atomic mass is 9.91. The maximum Gasteiger partial charge on any atom is 0.415 e. The van der Waals surface area contributed by atoms with Crippen molar-refractivity contribution in [3.8, 4) is 0 Å². The van der Waals surface area contributed by atoms with Crippen molar-refractivity contribution in [2.45, 2.75) is 38.8 Å². The molecule has 1 aliphatic rings. The molecule has 0 bridgehead atoms. The van der Waals surface area contributed by atoms with E-state index in [1.807, 2.05) is 72.8 Å². The highest BCUT2D eigenvalue weighted by Gasteiger charge is 2.36. The molecule has 158 valence electrons. The highest BCUT2D eigenvalue weighted by Crippen LogP contribution is 2.36. The smallest absolute Gasteiger partial charge is 0.415 e. The Balaban J connectivity index is 1.69. The van der Waals surface area contributed by atoms with E-state index in [0.717, 1.165) is 29.7 Å². The van der Waals surface area contributed by atoms with Crippen LogP contribution in [-0.4, -0.2) is 22.6 Å². The zero-order valence-electron chi connectivity index (χ0n) is 17.6. The van der Waals surface area contributed by atoms with Gasteiger partial charge in [-0.2, -0.15) is 0 Å². The Bertz CT molecular complexity index is 1070. The average molecular weight is 415 g/mol. The molecule has 0 spiro atoms. The summed E-state index contributed by atoms with van der Waals surface area (Å²) in [6.07, 6.45) is 7.49. The first-order chi connectivity index (χ1) is 15.2. The van der Waals surface area contributed by atoms with Crippen LogP contribution in [0.3, 0.4) is 0 Å². The summed E-state index contributed by atoms with van der Waals surface area (Å²) in [6, 6.07) is 20.5. The van der Waals surface area contributed by atoms with E-state index in [4.69, 9.17) is 4.74 Å². The second kappa shape index (κ2) is 9.47. The molecule has 0 N–H and O–H groups in total. The first-order valence-corrected chi connectivity index (χ1v) is 10.7. The fourth-order valence-electron chi connectivity index (χ4n) is 3.92. The normalized spacial score (nSPS) is 15.2. The summed E-state index contributed by atoms with van der Waals surface area (Å²) in [5, 5.41) is 0. The number of fused-ring (bicyclic) bond motifs is 1. The Labute approximate surface area is 182 Å². The summed E-state index contributed by atoms with van der Waals surface area (Å²) in [6.45, 7) is 2.29. The first-order valence-electron chi connectivity index (χ1n) is 10.7. The van der Waals surface area contributed by atoms with Gasteiger partial charge in [-0.05, 0) is 41.8 Å². The van der Waals surface area contributed by atoms with E-state index in [-0.39, 0.29) is 18.6 Å². The molecular weight excluding hydrogens is 388 g/mol. The van der Waals surface area contributed by atoms with Crippen molar-refractivity contribution in [2.24, 2.45) is 0 Å². The SMILES string of the molecule is CCCCC1C(C(=O)n2cccc2)=Cc2ccccc2N1C(=O)OCc1ccccc1. The largest absolute Gasteiger partial charge is 0.444 e. The van der Waals surface area contributed by atoms with Gasteiger partial charge in [-0.15, -0.1) is 0 Å². The molecule has 4 rings (SSSR count). The van der Waals surface area contributed by atoms with E-state index < -0.39 is 6.09 Å². The lowest BCUT2D eigenvalue weighted by Gasteiger charge is -2.36. The molecule has 0 aliphatic carbocycles. The van der Waals surface area contributed by atoms with Crippen LogP contribution in [-0.2, 0) is 11.3 Å². The minimum absolute atomic E-state index is 0.124. The molecular formula is C26H26N2O3. The maximum absolute atomic E-state index is 13.3. The predicted octanol–water partition coefficient (Wildman–Crippen LogP) is 5.93. The first kappa shape index (κ1) is 20.7. The number of rotatable bonds is 6. The highest BCUT2D eigenvalue weighted by molar-refractivity contribution is 6.07. The van der Waals surface area contributed by atoms with E-state index in [1.165, 1.54) is 0 Å². The van der Waals surface area contributed by atoms with Crippen molar-refractivity contribution in [1.29, 1.82) is 0 Å². The number of aromatic nitrogens is 1. The monoisotopic (exact) mass is 414 g/mol. The summed E-state index contributed by atoms with van der Waals surface area (Å²) >= 11 is 0. The van der Waals surface area contributed by atoms with Crippen molar-refractivity contribution >= 4 is 23.8 Å². The van der Waals surface area contributed by atoms with Gasteiger partial charge in [-0.3, -0.25) is 14.3 Å². The van der Waals surface area contributed by atoms with Crippen LogP contribution >= 0.6 is 0 Å². The molecule has 1 atom stereocenters. The number of unbranched alkanes of at least 4 members (excludes halogenated alkanes) is 1. The van der Waals surface area contributed by atoms with E-state index in [2.05, 4.69) is 6.92 Å². The number of hydrogen-bond donors (Lipinski definition) is 0. The number of carbonyl (C=O) groups excluding carboxylic acids is 2. The van der Waals surface area contributed by atoms with Crippen LogP contribution in [0.15, 0.2) is 84.7 Å². The van der Waals surface area contributed by atoms with Crippen LogP contribution in [0.25, 0.3) is 6.08 Å². The fourth-order valence-corrected chi connectivity index (χ4v) is 3.92. The van der Waals surface area contributed by atoms with Crippen LogP contribution in [0, 0.1) is 0 Å². The van der Waals surface area contributed by atoms with Crippen LogP contribution in [0.5, 0.6) is 0 Å². The third kappa shape index (κ3) is 4.45. The molecule has 5 nitrogen and oxygen atoms in total. The van der Waals surface area contributed by atoms with E-state index in [1.54, 1.807) is 21.9 Å². The average Bonchev–Trinajstić information content (AvgIpc) is 3.35. The van der Waals surface area contributed by atoms with Crippen LogP contribution in [0.1, 0.15) is 42.1 Å². The highest BCUT2D eigenvalue weighted by atomic mass is 16.6. The number of para-hydroxylation sites is 1. The number of carbonyl (C=O) groups is 2. The lowest BCUT2D eigenvalue weighted by Crippen LogP contribution is -2.46. The molecule has 1 unspecified atom stereocenters. The summed E-state index contributed by atoms with van der Waals surface area (Å²) in [7, 11) is 0. The van der Waals surface area contributed by atoms with Gasteiger partial charge < -0.3 is 4.74 Å².